The van der Waals surface area contributed by atoms with Crippen molar-refractivity contribution in [1.29, 1.82) is 0 Å². The number of sulfone groups is 1. The third-order valence-electron chi connectivity index (χ3n) is 2.76. The largest absolute Gasteiger partial charge is 0.383 e. The fourth-order valence-corrected chi connectivity index (χ4v) is 2.26. The van der Waals surface area contributed by atoms with Crippen LogP contribution in [0.15, 0.2) is 0 Å². The van der Waals surface area contributed by atoms with Crippen LogP contribution >= 0.6 is 0 Å². The number of tetrazole rings is 1. The van der Waals surface area contributed by atoms with Crippen molar-refractivity contribution in [3.8, 4) is 0 Å². The number of aryl methyl sites for hydroxylation is 1. The quantitative estimate of drug-likeness (QED) is 0.607. The highest BCUT2D eigenvalue weighted by Gasteiger charge is 2.16. The minimum absolute atomic E-state index is 0.0479. The van der Waals surface area contributed by atoms with Gasteiger partial charge in [-0.05, 0) is 17.4 Å². The van der Waals surface area contributed by atoms with E-state index in [1.165, 1.54) is 4.68 Å². The summed E-state index contributed by atoms with van der Waals surface area (Å²) >= 11 is 0. The molecule has 0 saturated heterocycles. The fraction of sp³-hybridized carbons (Fsp3) is 0.900. The van der Waals surface area contributed by atoms with Gasteiger partial charge >= 0.3 is 0 Å². The summed E-state index contributed by atoms with van der Waals surface area (Å²) in [5.74, 6) is 0.806. The summed E-state index contributed by atoms with van der Waals surface area (Å²) in [6.45, 7) is 5.10. The van der Waals surface area contributed by atoms with Crippen molar-refractivity contribution in [2.24, 2.45) is 0 Å². The molecule has 1 aromatic heterocycles. The van der Waals surface area contributed by atoms with Crippen molar-refractivity contribution in [3.63, 3.8) is 0 Å². The Bertz CT molecular complexity index is 473. The summed E-state index contributed by atoms with van der Waals surface area (Å²) in [5.41, 5.74) is 0. The monoisotopic (exact) mass is 291 g/mol. The second kappa shape index (κ2) is 7.51. The van der Waals surface area contributed by atoms with E-state index in [1.54, 1.807) is 14.0 Å². The summed E-state index contributed by atoms with van der Waals surface area (Å²) in [7, 11) is -1.38. The Hall–Kier alpha value is -1.06. The first-order valence-corrected chi connectivity index (χ1v) is 8.01. The maximum Gasteiger partial charge on any atom is 0.167 e. The minimum atomic E-state index is -3.02. The predicted molar refractivity (Wildman–Crippen MR) is 70.4 cm³/mol. The maximum absolute atomic E-state index is 11.5. The molecular formula is C10H21N5O3S. The lowest BCUT2D eigenvalue weighted by Gasteiger charge is -2.13. The van der Waals surface area contributed by atoms with Gasteiger partial charge in [-0.15, -0.1) is 5.10 Å². The van der Waals surface area contributed by atoms with Gasteiger partial charge in [0.2, 0.25) is 0 Å². The third kappa shape index (κ3) is 5.21. The molecule has 0 saturated carbocycles. The van der Waals surface area contributed by atoms with E-state index in [-0.39, 0.29) is 24.1 Å². The number of aromatic nitrogens is 4. The molecule has 1 rings (SSSR count). The number of nitrogens with zero attached hydrogens (tertiary/aromatic N) is 4. The first kappa shape index (κ1) is 16.0. The average Bonchev–Trinajstić information content (AvgIpc) is 2.85. The zero-order valence-corrected chi connectivity index (χ0v) is 12.4. The number of hydrogen-bond donors (Lipinski definition) is 1. The number of rotatable bonds is 9. The van der Waals surface area contributed by atoms with Crippen LogP contribution in [0.2, 0.25) is 0 Å². The molecule has 0 fully saturated rings. The van der Waals surface area contributed by atoms with Crippen LogP contribution in [0, 0.1) is 0 Å². The van der Waals surface area contributed by atoms with E-state index in [0.29, 0.717) is 19.0 Å². The Balaban J connectivity index is 2.59. The predicted octanol–water partition coefficient (Wildman–Crippen LogP) is -0.595. The Morgan fingerprint density at radius 3 is 2.84 bits per heavy atom. The van der Waals surface area contributed by atoms with Gasteiger partial charge in [-0.1, -0.05) is 6.92 Å². The van der Waals surface area contributed by atoms with Gasteiger partial charge in [0.05, 0.1) is 24.9 Å². The number of ether oxygens (including phenoxy) is 1. The molecule has 9 heteroatoms. The molecule has 0 aliphatic rings. The van der Waals surface area contributed by atoms with E-state index in [4.69, 9.17) is 4.74 Å². The van der Waals surface area contributed by atoms with E-state index in [2.05, 4.69) is 20.8 Å². The molecule has 0 radical (unpaired) electrons. The van der Waals surface area contributed by atoms with Crippen molar-refractivity contribution in [3.05, 3.63) is 5.82 Å². The highest BCUT2D eigenvalue weighted by Crippen LogP contribution is 2.07. The second-order valence-corrected chi connectivity index (χ2v) is 6.64. The zero-order valence-electron chi connectivity index (χ0n) is 11.5. The van der Waals surface area contributed by atoms with Gasteiger partial charge in [-0.3, -0.25) is 0 Å². The van der Waals surface area contributed by atoms with Crippen molar-refractivity contribution < 1.29 is 13.2 Å². The molecule has 1 heterocycles. The molecule has 19 heavy (non-hydrogen) atoms. The highest BCUT2D eigenvalue weighted by atomic mass is 32.2. The molecular weight excluding hydrogens is 270 g/mol. The zero-order chi connectivity index (χ0) is 14.3. The first-order chi connectivity index (χ1) is 9.00. The van der Waals surface area contributed by atoms with Gasteiger partial charge in [0, 0.05) is 19.4 Å². The molecule has 0 aliphatic heterocycles. The van der Waals surface area contributed by atoms with E-state index >= 15 is 0 Å². The van der Waals surface area contributed by atoms with Crippen LogP contribution in [0.25, 0.3) is 0 Å². The molecule has 1 aromatic rings. The number of hydrogen-bond acceptors (Lipinski definition) is 7. The molecule has 8 nitrogen and oxygen atoms in total. The van der Waals surface area contributed by atoms with Crippen LogP contribution in [0.1, 0.15) is 25.7 Å². The smallest absolute Gasteiger partial charge is 0.167 e. The fourth-order valence-electron chi connectivity index (χ4n) is 1.52. The third-order valence-corrected chi connectivity index (χ3v) is 4.44. The van der Waals surface area contributed by atoms with Gasteiger partial charge in [0.15, 0.2) is 15.7 Å². The summed E-state index contributed by atoms with van der Waals surface area (Å²) in [6.07, 6.45) is 0. The summed E-state index contributed by atoms with van der Waals surface area (Å²) in [5, 5.41) is 14.5. The van der Waals surface area contributed by atoms with Gasteiger partial charge in [-0.25, -0.2) is 13.1 Å². The Kier molecular flexibility index (Phi) is 6.32. The van der Waals surface area contributed by atoms with Crippen LogP contribution in [0.5, 0.6) is 0 Å². The maximum atomic E-state index is 11.5. The average molecular weight is 291 g/mol. The van der Waals surface area contributed by atoms with Gasteiger partial charge in [-0.2, -0.15) is 0 Å². The van der Waals surface area contributed by atoms with E-state index < -0.39 is 9.84 Å². The summed E-state index contributed by atoms with van der Waals surface area (Å²) < 4.78 is 29.4. The van der Waals surface area contributed by atoms with E-state index in [9.17, 15) is 8.42 Å². The van der Waals surface area contributed by atoms with E-state index in [1.807, 2.05) is 6.92 Å². The second-order valence-electron chi connectivity index (χ2n) is 4.17. The minimum Gasteiger partial charge on any atom is -0.383 e. The normalized spacial score (nSPS) is 13.6. The van der Waals surface area contributed by atoms with Crippen LogP contribution in [-0.4, -0.2) is 60.4 Å². The Morgan fingerprint density at radius 1 is 1.47 bits per heavy atom. The van der Waals surface area contributed by atoms with Gasteiger partial charge in [0.1, 0.15) is 0 Å². The van der Waals surface area contributed by atoms with Crippen molar-refractivity contribution in [2.75, 3.05) is 31.8 Å². The van der Waals surface area contributed by atoms with E-state index in [0.717, 1.165) is 0 Å². The summed E-state index contributed by atoms with van der Waals surface area (Å²) in [6, 6.07) is -0.0607. The topological polar surface area (TPSA) is 99.0 Å². The van der Waals surface area contributed by atoms with Crippen LogP contribution in [-0.2, 0) is 21.1 Å². The molecule has 0 amide bonds. The lowest BCUT2D eigenvalue weighted by Crippen LogP contribution is -2.27. The molecule has 0 aliphatic carbocycles. The molecule has 110 valence electrons. The number of nitrogens with one attached hydrogen (secondary N) is 1. The van der Waals surface area contributed by atoms with Crippen molar-refractivity contribution in [2.45, 2.75) is 26.4 Å². The van der Waals surface area contributed by atoms with Crippen LogP contribution in [0.3, 0.4) is 0 Å². The molecule has 0 aromatic carbocycles. The van der Waals surface area contributed by atoms with Crippen LogP contribution in [0.4, 0.5) is 0 Å². The number of methoxy groups -OCH3 is 1. The molecule has 1 unspecified atom stereocenters. The Morgan fingerprint density at radius 2 is 2.21 bits per heavy atom. The molecule has 0 bridgehead atoms. The Labute approximate surface area is 113 Å². The highest BCUT2D eigenvalue weighted by molar-refractivity contribution is 7.91. The lowest BCUT2D eigenvalue weighted by atomic mass is 10.3. The van der Waals surface area contributed by atoms with Crippen molar-refractivity contribution >= 4 is 9.84 Å². The van der Waals surface area contributed by atoms with Gasteiger partial charge in [0.25, 0.3) is 0 Å². The lowest BCUT2D eigenvalue weighted by molar-refractivity contribution is 0.196. The molecule has 1 atom stereocenters. The van der Waals surface area contributed by atoms with Gasteiger partial charge < -0.3 is 10.1 Å². The molecule has 1 N–H and O–H groups in total. The summed E-state index contributed by atoms with van der Waals surface area (Å²) in [4.78, 5) is 0. The van der Waals surface area contributed by atoms with Crippen molar-refractivity contribution in [1.82, 2.24) is 25.5 Å². The first-order valence-electron chi connectivity index (χ1n) is 6.19. The SMILES string of the molecule is CCS(=O)(=O)CCn1nnnc1C(C)NCCOC. The molecule has 0 spiro atoms. The standard InChI is InChI=1S/C10H21N5O3S/c1-4-19(16,17)8-6-15-10(12-13-14-15)9(2)11-5-7-18-3/h9,11H,4-8H2,1-3H3. The van der Waals surface area contributed by atoms with Crippen LogP contribution < -0.4 is 5.32 Å².